The molecule has 1 heteroatoms. The Morgan fingerprint density at radius 2 is 1.93 bits per heavy atom. The molecular formula is C14H20O. The standard InChI is InChI=1S/C14H20O/c1-5-6-14(11(2)3)12-7-9-13(15-4)10-8-12/h7-10,14H,2,5-6H2,1,3-4H3. The molecule has 1 atom stereocenters. The number of allylic oxidation sites excluding steroid dienone is 1. The van der Waals surface area contributed by atoms with Crippen molar-refractivity contribution in [3.8, 4) is 5.75 Å². The van der Waals surface area contributed by atoms with Crippen LogP contribution in [0.1, 0.15) is 38.2 Å². The van der Waals surface area contributed by atoms with Crippen LogP contribution in [0.25, 0.3) is 0 Å². The second-order valence-electron chi connectivity index (χ2n) is 3.96. The molecule has 0 bridgehead atoms. The Bertz CT molecular complexity index is 311. The number of hydrogen-bond acceptors (Lipinski definition) is 1. The Labute approximate surface area is 92.8 Å². The highest BCUT2D eigenvalue weighted by atomic mass is 16.5. The monoisotopic (exact) mass is 204 g/mol. The molecule has 1 aromatic rings. The van der Waals surface area contributed by atoms with Crippen molar-refractivity contribution in [2.45, 2.75) is 32.6 Å². The van der Waals surface area contributed by atoms with Gasteiger partial charge in [0.15, 0.2) is 0 Å². The lowest BCUT2D eigenvalue weighted by Crippen LogP contribution is -1.99. The number of rotatable bonds is 5. The molecule has 0 saturated heterocycles. The molecule has 0 N–H and O–H groups in total. The first-order valence-corrected chi connectivity index (χ1v) is 5.48. The van der Waals surface area contributed by atoms with Gasteiger partial charge in [-0.3, -0.25) is 0 Å². The number of benzene rings is 1. The Kier molecular flexibility index (Phi) is 4.41. The van der Waals surface area contributed by atoms with E-state index in [1.165, 1.54) is 24.0 Å². The van der Waals surface area contributed by atoms with E-state index in [0.717, 1.165) is 5.75 Å². The van der Waals surface area contributed by atoms with E-state index in [-0.39, 0.29) is 0 Å². The zero-order valence-electron chi connectivity index (χ0n) is 9.92. The summed E-state index contributed by atoms with van der Waals surface area (Å²) in [5.74, 6) is 1.40. The van der Waals surface area contributed by atoms with Gasteiger partial charge < -0.3 is 4.74 Å². The van der Waals surface area contributed by atoms with E-state index in [1.807, 2.05) is 12.1 Å². The summed E-state index contributed by atoms with van der Waals surface area (Å²) in [4.78, 5) is 0. The Morgan fingerprint density at radius 3 is 2.33 bits per heavy atom. The largest absolute Gasteiger partial charge is 0.497 e. The molecule has 0 fully saturated rings. The number of ether oxygens (including phenoxy) is 1. The summed E-state index contributed by atoms with van der Waals surface area (Å²) in [6.07, 6.45) is 2.35. The van der Waals surface area contributed by atoms with Gasteiger partial charge in [0.25, 0.3) is 0 Å². The van der Waals surface area contributed by atoms with Gasteiger partial charge in [0.1, 0.15) is 5.75 Å². The topological polar surface area (TPSA) is 9.23 Å². The molecule has 82 valence electrons. The van der Waals surface area contributed by atoms with Gasteiger partial charge in [-0.05, 0) is 31.0 Å². The van der Waals surface area contributed by atoms with Crippen molar-refractivity contribution in [1.29, 1.82) is 0 Å². The maximum Gasteiger partial charge on any atom is 0.118 e. The van der Waals surface area contributed by atoms with Crippen LogP contribution in [0.4, 0.5) is 0 Å². The molecule has 1 unspecified atom stereocenters. The molecule has 1 aromatic carbocycles. The normalized spacial score (nSPS) is 12.2. The minimum absolute atomic E-state index is 0.487. The zero-order chi connectivity index (χ0) is 11.3. The average Bonchev–Trinajstić information content (AvgIpc) is 2.26. The van der Waals surface area contributed by atoms with Crippen molar-refractivity contribution in [1.82, 2.24) is 0 Å². The third-order valence-electron chi connectivity index (χ3n) is 2.69. The smallest absolute Gasteiger partial charge is 0.118 e. The number of hydrogen-bond donors (Lipinski definition) is 0. The molecule has 0 aliphatic rings. The van der Waals surface area contributed by atoms with Crippen LogP contribution >= 0.6 is 0 Å². The fourth-order valence-electron chi connectivity index (χ4n) is 1.82. The molecule has 0 aliphatic heterocycles. The quantitative estimate of drug-likeness (QED) is 0.654. The lowest BCUT2D eigenvalue weighted by Gasteiger charge is -2.16. The molecule has 15 heavy (non-hydrogen) atoms. The highest BCUT2D eigenvalue weighted by molar-refractivity contribution is 5.32. The van der Waals surface area contributed by atoms with Crippen molar-refractivity contribution in [2.75, 3.05) is 7.11 Å². The van der Waals surface area contributed by atoms with E-state index >= 15 is 0 Å². The van der Waals surface area contributed by atoms with Gasteiger partial charge in [-0.2, -0.15) is 0 Å². The van der Waals surface area contributed by atoms with Crippen LogP contribution in [0.3, 0.4) is 0 Å². The van der Waals surface area contributed by atoms with Crippen molar-refractivity contribution in [3.63, 3.8) is 0 Å². The van der Waals surface area contributed by atoms with Crippen LogP contribution < -0.4 is 4.74 Å². The van der Waals surface area contributed by atoms with Crippen molar-refractivity contribution in [3.05, 3.63) is 42.0 Å². The molecule has 0 amide bonds. The molecular weight excluding hydrogens is 184 g/mol. The van der Waals surface area contributed by atoms with Crippen molar-refractivity contribution >= 4 is 0 Å². The van der Waals surface area contributed by atoms with Crippen LogP contribution in [-0.2, 0) is 0 Å². The molecule has 1 rings (SSSR count). The third-order valence-corrected chi connectivity index (χ3v) is 2.69. The predicted molar refractivity (Wildman–Crippen MR) is 65.5 cm³/mol. The summed E-state index contributed by atoms with van der Waals surface area (Å²) in [6.45, 7) is 8.37. The molecule has 0 heterocycles. The van der Waals surface area contributed by atoms with Gasteiger partial charge in [0.05, 0.1) is 7.11 Å². The van der Waals surface area contributed by atoms with Gasteiger partial charge in [0, 0.05) is 5.92 Å². The molecule has 0 aromatic heterocycles. The minimum Gasteiger partial charge on any atom is -0.497 e. The number of methoxy groups -OCH3 is 1. The maximum absolute atomic E-state index is 5.15. The summed E-state index contributed by atoms with van der Waals surface area (Å²) in [7, 11) is 1.69. The Hall–Kier alpha value is -1.24. The molecule has 0 aliphatic carbocycles. The third kappa shape index (κ3) is 3.12. The van der Waals surface area contributed by atoms with E-state index in [9.17, 15) is 0 Å². The molecule has 1 nitrogen and oxygen atoms in total. The van der Waals surface area contributed by atoms with Crippen LogP contribution in [0.15, 0.2) is 36.4 Å². The summed E-state index contributed by atoms with van der Waals surface area (Å²) in [5.41, 5.74) is 2.58. The molecule has 0 saturated carbocycles. The lowest BCUT2D eigenvalue weighted by molar-refractivity contribution is 0.414. The average molecular weight is 204 g/mol. The van der Waals surface area contributed by atoms with Gasteiger partial charge >= 0.3 is 0 Å². The minimum atomic E-state index is 0.487. The summed E-state index contributed by atoms with van der Waals surface area (Å²) in [5, 5.41) is 0. The first kappa shape index (κ1) is 11.8. The van der Waals surface area contributed by atoms with E-state index in [0.29, 0.717) is 5.92 Å². The summed E-state index contributed by atoms with van der Waals surface area (Å²) < 4.78 is 5.15. The second kappa shape index (κ2) is 5.59. The summed E-state index contributed by atoms with van der Waals surface area (Å²) in [6, 6.07) is 8.30. The fraction of sp³-hybridized carbons (Fsp3) is 0.429. The van der Waals surface area contributed by atoms with Crippen LogP contribution in [0, 0.1) is 0 Å². The van der Waals surface area contributed by atoms with E-state index in [2.05, 4.69) is 32.6 Å². The van der Waals surface area contributed by atoms with Gasteiger partial charge in [-0.25, -0.2) is 0 Å². The fourth-order valence-corrected chi connectivity index (χ4v) is 1.82. The van der Waals surface area contributed by atoms with Crippen LogP contribution in [0.2, 0.25) is 0 Å². The molecule has 0 spiro atoms. The van der Waals surface area contributed by atoms with Crippen LogP contribution in [0.5, 0.6) is 5.75 Å². The van der Waals surface area contributed by atoms with Gasteiger partial charge in [-0.1, -0.05) is 37.6 Å². The van der Waals surface area contributed by atoms with Gasteiger partial charge in [-0.15, -0.1) is 0 Å². The molecule has 0 radical (unpaired) electrons. The van der Waals surface area contributed by atoms with E-state index in [1.54, 1.807) is 7.11 Å². The highest BCUT2D eigenvalue weighted by Gasteiger charge is 2.10. The van der Waals surface area contributed by atoms with E-state index in [4.69, 9.17) is 4.74 Å². The zero-order valence-corrected chi connectivity index (χ0v) is 9.92. The first-order chi connectivity index (χ1) is 7.19. The van der Waals surface area contributed by atoms with E-state index < -0.39 is 0 Å². The van der Waals surface area contributed by atoms with Crippen molar-refractivity contribution in [2.24, 2.45) is 0 Å². The highest BCUT2D eigenvalue weighted by Crippen LogP contribution is 2.28. The first-order valence-electron chi connectivity index (χ1n) is 5.48. The maximum atomic E-state index is 5.15. The second-order valence-corrected chi connectivity index (χ2v) is 3.96. The Balaban J connectivity index is 2.86. The predicted octanol–water partition coefficient (Wildman–Crippen LogP) is 4.16. The van der Waals surface area contributed by atoms with Crippen molar-refractivity contribution < 1.29 is 4.74 Å². The summed E-state index contributed by atoms with van der Waals surface area (Å²) >= 11 is 0. The Morgan fingerprint density at radius 1 is 1.33 bits per heavy atom. The van der Waals surface area contributed by atoms with Gasteiger partial charge in [0.2, 0.25) is 0 Å². The SMILES string of the molecule is C=C(C)C(CCC)c1ccc(OC)cc1. The van der Waals surface area contributed by atoms with Crippen LogP contribution in [-0.4, -0.2) is 7.11 Å². The lowest BCUT2D eigenvalue weighted by atomic mass is 9.89.